The van der Waals surface area contributed by atoms with Gasteiger partial charge in [0.05, 0.1) is 36.9 Å². The Labute approximate surface area is 326 Å². The van der Waals surface area contributed by atoms with Crippen LogP contribution in [0, 0.1) is 23.1 Å². The molecule has 3 aliphatic heterocycles. The molecule has 16 heteroatoms. The van der Waals surface area contributed by atoms with Gasteiger partial charge in [0.2, 0.25) is 21.8 Å². The fourth-order valence-corrected chi connectivity index (χ4v) is 9.86. The molecular formula is C40H50FN5O9S. The number of hydrogen-bond donors (Lipinski definition) is 3. The molecule has 2 unspecified atom stereocenters. The molecule has 302 valence electrons. The molecule has 2 saturated heterocycles. The predicted molar refractivity (Wildman–Crippen MR) is 201 cm³/mol. The Morgan fingerprint density at radius 3 is 2.38 bits per heavy atom. The summed E-state index contributed by atoms with van der Waals surface area (Å²) in [5, 5.41) is 5.67. The lowest BCUT2D eigenvalue weighted by Gasteiger charge is -2.35. The van der Waals surface area contributed by atoms with E-state index in [9.17, 15) is 36.8 Å². The third kappa shape index (κ3) is 7.86. The number of benzene rings is 2. The molecular weight excluding hydrogens is 746 g/mol. The summed E-state index contributed by atoms with van der Waals surface area (Å²) in [6.45, 7) is 7.76. The van der Waals surface area contributed by atoms with Crippen LogP contribution in [-0.4, -0.2) is 96.7 Å². The molecule has 4 fully saturated rings. The van der Waals surface area contributed by atoms with E-state index in [0.29, 0.717) is 42.4 Å². The Kier molecular flexibility index (Phi) is 10.4. The molecule has 56 heavy (non-hydrogen) atoms. The number of rotatable bonds is 12. The lowest BCUT2D eigenvalue weighted by molar-refractivity contribution is -0.145. The molecule has 2 aromatic carbocycles. The third-order valence-electron chi connectivity index (χ3n) is 12.0. The van der Waals surface area contributed by atoms with Crippen molar-refractivity contribution in [3.63, 3.8) is 0 Å². The van der Waals surface area contributed by atoms with Crippen molar-refractivity contribution in [2.45, 2.75) is 114 Å². The van der Waals surface area contributed by atoms with E-state index in [1.165, 1.54) is 23.0 Å². The minimum Gasteiger partial charge on any atom is -0.465 e. The van der Waals surface area contributed by atoms with Crippen molar-refractivity contribution in [3.05, 3.63) is 70.5 Å². The molecule has 0 aromatic heterocycles. The molecule has 7 atom stereocenters. The Morgan fingerprint density at radius 2 is 1.77 bits per heavy atom. The van der Waals surface area contributed by atoms with Crippen LogP contribution in [-0.2, 0) is 53.4 Å². The van der Waals surface area contributed by atoms with Crippen LogP contribution >= 0.6 is 0 Å². The van der Waals surface area contributed by atoms with Gasteiger partial charge in [-0.15, -0.1) is 0 Å². The zero-order valence-corrected chi connectivity index (χ0v) is 33.1. The van der Waals surface area contributed by atoms with Crippen LogP contribution in [0.2, 0.25) is 0 Å². The lowest BCUT2D eigenvalue weighted by Crippen LogP contribution is -2.57. The fourth-order valence-electron chi connectivity index (χ4n) is 8.49. The highest BCUT2D eigenvalue weighted by Gasteiger charge is 2.62. The highest BCUT2D eigenvalue weighted by Crippen LogP contribution is 2.47. The third-order valence-corrected chi connectivity index (χ3v) is 13.8. The van der Waals surface area contributed by atoms with E-state index in [1.54, 1.807) is 24.3 Å². The zero-order chi connectivity index (χ0) is 40.3. The summed E-state index contributed by atoms with van der Waals surface area (Å²) < 4.78 is 52.9. The first kappa shape index (κ1) is 39.7. The molecule has 7 rings (SSSR count). The number of nitrogens with one attached hydrogen (secondary N) is 3. The van der Waals surface area contributed by atoms with Crippen molar-refractivity contribution in [1.29, 1.82) is 0 Å². The van der Waals surface area contributed by atoms with E-state index in [2.05, 4.69) is 15.4 Å². The summed E-state index contributed by atoms with van der Waals surface area (Å²) in [4.78, 5) is 70.9. The van der Waals surface area contributed by atoms with Crippen molar-refractivity contribution in [3.8, 4) is 0 Å². The van der Waals surface area contributed by atoms with Crippen LogP contribution in [0.4, 0.5) is 9.18 Å². The monoisotopic (exact) mass is 795 g/mol. The predicted octanol–water partition coefficient (Wildman–Crippen LogP) is 3.17. The normalized spacial score (nSPS) is 27.2. The average Bonchev–Trinajstić information content (AvgIpc) is 4.10. The first-order valence-corrected chi connectivity index (χ1v) is 20.8. The van der Waals surface area contributed by atoms with Crippen molar-refractivity contribution < 1.29 is 46.3 Å². The molecule has 4 amide bonds. The second kappa shape index (κ2) is 14.7. The number of methoxy groups -OCH3 is 1. The van der Waals surface area contributed by atoms with Gasteiger partial charge in [-0.2, -0.15) is 0 Å². The standard InChI is InChI=1S/C40H50FN5O9S/c1-6-25-18-40(25,37(50)44-56(52,53)27-14-15-27)43-34(47)31-17-26(55-38(51)45-19-24-8-7-9-29(41)28(24)21-45)20-46(31)35(48)32(39(2,3)4)33-30(42-33)16-22-10-12-23(13-11-22)36(49)54-5/h7-13,25-27,30-33,42H,6,14-21H2,1-5H3,(H,43,47)(H,44,50)/t25-,26-,30?,31+,32-,33?,40-/m1/s1. The van der Waals surface area contributed by atoms with Crippen LogP contribution in [0.25, 0.3) is 0 Å². The number of halogens is 1. The summed E-state index contributed by atoms with van der Waals surface area (Å²) in [6, 6.07) is 10.2. The zero-order valence-electron chi connectivity index (χ0n) is 32.3. The molecule has 5 aliphatic rings. The van der Waals surface area contributed by atoms with E-state index in [4.69, 9.17) is 9.47 Å². The van der Waals surface area contributed by atoms with E-state index in [1.807, 2.05) is 39.8 Å². The highest BCUT2D eigenvalue weighted by molar-refractivity contribution is 7.91. The molecule has 2 aromatic rings. The molecule has 14 nitrogen and oxygen atoms in total. The van der Waals surface area contributed by atoms with Crippen LogP contribution < -0.4 is 15.4 Å². The van der Waals surface area contributed by atoms with Gasteiger partial charge in [0.25, 0.3) is 5.91 Å². The van der Waals surface area contributed by atoms with E-state index in [-0.39, 0.29) is 56.4 Å². The second-order valence-electron chi connectivity index (χ2n) is 17.0. The van der Waals surface area contributed by atoms with Gasteiger partial charge in [0, 0.05) is 30.6 Å². The minimum atomic E-state index is -3.89. The number of sulfonamides is 1. The first-order chi connectivity index (χ1) is 26.4. The van der Waals surface area contributed by atoms with Gasteiger partial charge >= 0.3 is 12.1 Å². The summed E-state index contributed by atoms with van der Waals surface area (Å²) in [7, 11) is -2.57. The number of carbonyl (C=O) groups excluding carboxylic acids is 5. The first-order valence-electron chi connectivity index (χ1n) is 19.3. The molecule has 0 spiro atoms. The Balaban J connectivity index is 1.10. The number of fused-ring (bicyclic) bond motifs is 1. The Bertz CT molecular complexity index is 2030. The summed E-state index contributed by atoms with van der Waals surface area (Å²) in [5.74, 6) is -3.54. The average molecular weight is 796 g/mol. The van der Waals surface area contributed by atoms with Crippen LogP contribution in [0.1, 0.15) is 86.8 Å². The lowest BCUT2D eigenvalue weighted by atomic mass is 9.76. The van der Waals surface area contributed by atoms with Crippen molar-refractivity contribution in [1.82, 2.24) is 25.2 Å². The molecule has 3 N–H and O–H groups in total. The van der Waals surface area contributed by atoms with Gasteiger partial charge in [0.1, 0.15) is 23.5 Å². The van der Waals surface area contributed by atoms with Crippen LogP contribution in [0.15, 0.2) is 42.5 Å². The maximum atomic E-state index is 14.8. The van der Waals surface area contributed by atoms with E-state index < -0.39 is 74.0 Å². The number of amides is 4. The molecule has 0 bridgehead atoms. The minimum absolute atomic E-state index is 0.0200. The summed E-state index contributed by atoms with van der Waals surface area (Å²) in [6.07, 6.45) is 0.597. The summed E-state index contributed by atoms with van der Waals surface area (Å²) in [5.41, 5.74) is 0.415. The molecule has 2 saturated carbocycles. The van der Waals surface area contributed by atoms with E-state index in [0.717, 1.165) is 5.56 Å². The molecule has 3 heterocycles. The van der Waals surface area contributed by atoms with Gasteiger partial charge < -0.3 is 25.0 Å². The van der Waals surface area contributed by atoms with Crippen LogP contribution in [0.3, 0.4) is 0 Å². The number of carbonyl (C=O) groups is 5. The van der Waals surface area contributed by atoms with E-state index >= 15 is 0 Å². The van der Waals surface area contributed by atoms with Gasteiger partial charge in [-0.05, 0) is 66.3 Å². The SMILES string of the molecule is CC[C@@H]1C[C@]1(NC(=O)[C@@H]1C[C@@H](OC(=O)N2Cc3cccc(F)c3C2)CN1C(=O)[C@@H](C1NC1Cc1ccc(C(=O)OC)cc1)C(C)(C)C)C(=O)NS(=O)(=O)C1CC1. The maximum absolute atomic E-state index is 14.8. The second-order valence-corrected chi connectivity index (χ2v) is 18.9. The summed E-state index contributed by atoms with van der Waals surface area (Å²) >= 11 is 0. The Morgan fingerprint density at radius 1 is 1.05 bits per heavy atom. The number of esters is 1. The van der Waals surface area contributed by atoms with Crippen LogP contribution in [0.5, 0.6) is 0 Å². The van der Waals surface area contributed by atoms with Crippen molar-refractivity contribution >= 4 is 39.8 Å². The largest absolute Gasteiger partial charge is 0.465 e. The van der Waals surface area contributed by atoms with Gasteiger partial charge in [0.15, 0.2) is 0 Å². The fraction of sp³-hybridized carbons (Fsp3) is 0.575. The highest BCUT2D eigenvalue weighted by atomic mass is 32.2. The topological polar surface area (TPSA) is 190 Å². The number of nitrogens with zero attached hydrogens (tertiary/aromatic N) is 2. The maximum Gasteiger partial charge on any atom is 0.410 e. The van der Waals surface area contributed by atoms with Gasteiger partial charge in [-0.25, -0.2) is 22.4 Å². The van der Waals surface area contributed by atoms with Gasteiger partial charge in [-0.3, -0.25) is 24.0 Å². The number of likely N-dealkylation sites (tertiary alicyclic amines) is 1. The molecule has 2 aliphatic carbocycles. The smallest absolute Gasteiger partial charge is 0.410 e. The molecule has 0 radical (unpaired) electrons. The quantitative estimate of drug-likeness (QED) is 0.213. The Hall–Kier alpha value is -4.57. The van der Waals surface area contributed by atoms with Crippen molar-refractivity contribution in [2.75, 3.05) is 13.7 Å². The van der Waals surface area contributed by atoms with Crippen molar-refractivity contribution in [2.24, 2.45) is 17.3 Å². The van der Waals surface area contributed by atoms with Gasteiger partial charge in [-0.1, -0.05) is 58.4 Å². The number of ether oxygens (including phenoxy) is 2. The number of hydrogen-bond acceptors (Lipinski definition) is 10.